The third-order valence-electron chi connectivity index (χ3n) is 4.12. The summed E-state index contributed by atoms with van der Waals surface area (Å²) >= 11 is 0. The summed E-state index contributed by atoms with van der Waals surface area (Å²) in [6.07, 6.45) is 6.48. The molecule has 0 spiro atoms. The lowest BCUT2D eigenvalue weighted by molar-refractivity contribution is 0.376. The molecule has 1 aliphatic carbocycles. The van der Waals surface area contributed by atoms with Gasteiger partial charge in [-0.15, -0.1) is 0 Å². The normalized spacial score (nSPS) is 27.6. The van der Waals surface area contributed by atoms with Gasteiger partial charge in [-0.05, 0) is 38.0 Å². The minimum atomic E-state index is 0.670. The summed E-state index contributed by atoms with van der Waals surface area (Å²) in [4.78, 5) is 0. The molecule has 4 heteroatoms. The number of nitrogens with zero attached hydrogens (tertiary/aromatic N) is 2. The highest BCUT2D eigenvalue weighted by atomic mass is 15.4. The van der Waals surface area contributed by atoms with Crippen molar-refractivity contribution in [2.75, 3.05) is 23.7 Å². The van der Waals surface area contributed by atoms with Crippen molar-refractivity contribution in [1.29, 1.82) is 0 Å². The van der Waals surface area contributed by atoms with Gasteiger partial charge in [-0.3, -0.25) is 0 Å². The van der Waals surface area contributed by atoms with Crippen LogP contribution in [0.15, 0.2) is 0 Å². The first-order valence-electron chi connectivity index (χ1n) is 6.52. The lowest BCUT2D eigenvalue weighted by atomic mass is 10.0. The first kappa shape index (κ1) is 8.90. The Hall–Kier alpha value is -1.19. The van der Waals surface area contributed by atoms with Gasteiger partial charge in [0, 0.05) is 18.7 Å². The van der Waals surface area contributed by atoms with Crippen LogP contribution in [0.2, 0.25) is 0 Å². The minimum Gasteiger partial charge on any atom is -0.370 e. The minimum absolute atomic E-state index is 0.670. The number of nitrogens with one attached hydrogen (secondary N) is 2. The zero-order valence-corrected chi connectivity index (χ0v) is 9.50. The molecule has 1 aromatic heterocycles. The molecule has 0 bridgehead atoms. The fourth-order valence-corrected chi connectivity index (χ4v) is 3.12. The molecule has 0 aromatic carbocycles. The zero-order chi connectivity index (χ0) is 10.5. The van der Waals surface area contributed by atoms with Crippen molar-refractivity contribution in [3.8, 4) is 0 Å². The molecule has 1 fully saturated rings. The van der Waals surface area contributed by atoms with Crippen molar-refractivity contribution in [2.24, 2.45) is 5.92 Å². The number of fused-ring (bicyclic) bond motifs is 3. The van der Waals surface area contributed by atoms with Crippen LogP contribution in [-0.2, 0) is 6.42 Å². The Kier molecular flexibility index (Phi) is 1.75. The standard InChI is InChI=1S/C12H18N4/c1-2-9-11(13-6-1)15-16-10(8-3-4-8)5-7-14-12(9)16/h8,10,14H,1-7H2,(H,13,15). The van der Waals surface area contributed by atoms with E-state index in [-0.39, 0.29) is 0 Å². The molecule has 2 N–H and O–H groups in total. The summed E-state index contributed by atoms with van der Waals surface area (Å²) in [7, 11) is 0. The maximum absolute atomic E-state index is 4.78. The first-order valence-corrected chi connectivity index (χ1v) is 6.52. The predicted octanol–water partition coefficient (Wildman–Crippen LogP) is 2.01. The molecule has 1 saturated carbocycles. The Bertz CT molecular complexity index is 419. The van der Waals surface area contributed by atoms with Gasteiger partial charge in [0.1, 0.15) is 5.82 Å². The maximum Gasteiger partial charge on any atom is 0.153 e. The van der Waals surface area contributed by atoms with E-state index in [1.165, 1.54) is 43.5 Å². The van der Waals surface area contributed by atoms with Gasteiger partial charge in [0.05, 0.1) is 6.04 Å². The van der Waals surface area contributed by atoms with E-state index in [1.807, 2.05) is 0 Å². The zero-order valence-electron chi connectivity index (χ0n) is 9.50. The fraction of sp³-hybridized carbons (Fsp3) is 0.750. The van der Waals surface area contributed by atoms with E-state index in [1.54, 1.807) is 0 Å². The van der Waals surface area contributed by atoms with Gasteiger partial charge in [0.15, 0.2) is 5.82 Å². The van der Waals surface area contributed by atoms with E-state index in [2.05, 4.69) is 15.3 Å². The van der Waals surface area contributed by atoms with Gasteiger partial charge in [0.2, 0.25) is 0 Å². The number of anilines is 2. The summed E-state index contributed by atoms with van der Waals surface area (Å²) in [6, 6.07) is 0.670. The van der Waals surface area contributed by atoms with E-state index < -0.39 is 0 Å². The molecule has 2 aliphatic heterocycles. The molecular formula is C12H18N4. The largest absolute Gasteiger partial charge is 0.370 e. The summed E-state index contributed by atoms with van der Waals surface area (Å²) in [6.45, 7) is 2.21. The van der Waals surface area contributed by atoms with E-state index in [0.29, 0.717) is 6.04 Å². The highest BCUT2D eigenvalue weighted by Gasteiger charge is 2.37. The molecule has 3 heterocycles. The quantitative estimate of drug-likeness (QED) is 0.757. The van der Waals surface area contributed by atoms with E-state index in [9.17, 15) is 0 Å². The Morgan fingerprint density at radius 3 is 2.94 bits per heavy atom. The summed E-state index contributed by atoms with van der Waals surface area (Å²) < 4.78 is 2.28. The molecule has 4 nitrogen and oxygen atoms in total. The van der Waals surface area contributed by atoms with Gasteiger partial charge in [0.25, 0.3) is 0 Å². The SMILES string of the molecule is C1CNc2nn3c(c2C1)NCCC3C1CC1. The van der Waals surface area contributed by atoms with Crippen LogP contribution in [0.5, 0.6) is 0 Å². The van der Waals surface area contributed by atoms with Crippen LogP contribution in [0.3, 0.4) is 0 Å². The second-order valence-electron chi connectivity index (χ2n) is 5.27. The fourth-order valence-electron chi connectivity index (χ4n) is 3.12. The smallest absolute Gasteiger partial charge is 0.153 e. The van der Waals surface area contributed by atoms with Crippen LogP contribution in [-0.4, -0.2) is 22.9 Å². The van der Waals surface area contributed by atoms with Crippen LogP contribution >= 0.6 is 0 Å². The molecule has 0 amide bonds. The lowest BCUT2D eigenvalue weighted by Crippen LogP contribution is -2.25. The second-order valence-corrected chi connectivity index (χ2v) is 5.27. The van der Waals surface area contributed by atoms with Gasteiger partial charge in [-0.25, -0.2) is 4.68 Å². The van der Waals surface area contributed by atoms with Crippen molar-refractivity contribution in [1.82, 2.24) is 9.78 Å². The first-order chi connectivity index (χ1) is 7.93. The average Bonchev–Trinajstić information content (AvgIpc) is 3.09. The summed E-state index contributed by atoms with van der Waals surface area (Å²) in [5.74, 6) is 3.36. The molecule has 16 heavy (non-hydrogen) atoms. The van der Waals surface area contributed by atoms with E-state index in [0.717, 1.165) is 24.8 Å². The third kappa shape index (κ3) is 1.19. The molecular weight excluding hydrogens is 200 g/mol. The van der Waals surface area contributed by atoms with Crippen molar-refractivity contribution in [2.45, 2.75) is 38.1 Å². The Morgan fingerprint density at radius 1 is 1.12 bits per heavy atom. The highest BCUT2D eigenvalue weighted by molar-refractivity contribution is 5.61. The Balaban J connectivity index is 1.79. The molecule has 1 unspecified atom stereocenters. The monoisotopic (exact) mass is 218 g/mol. The molecule has 3 aliphatic rings. The summed E-state index contributed by atoms with van der Waals surface area (Å²) in [5.41, 5.74) is 1.43. The van der Waals surface area contributed by atoms with Crippen LogP contribution < -0.4 is 10.6 Å². The molecule has 0 saturated heterocycles. The number of aromatic nitrogens is 2. The average molecular weight is 218 g/mol. The van der Waals surface area contributed by atoms with Crippen molar-refractivity contribution in [3.05, 3.63) is 5.56 Å². The lowest BCUT2D eigenvalue weighted by Gasteiger charge is -2.26. The second kappa shape index (κ2) is 3.15. The van der Waals surface area contributed by atoms with Crippen molar-refractivity contribution < 1.29 is 0 Å². The molecule has 4 rings (SSSR count). The van der Waals surface area contributed by atoms with Gasteiger partial charge >= 0.3 is 0 Å². The van der Waals surface area contributed by atoms with Gasteiger partial charge < -0.3 is 10.6 Å². The van der Waals surface area contributed by atoms with Gasteiger partial charge in [-0.2, -0.15) is 5.10 Å². The number of rotatable bonds is 1. The number of hydrogen-bond acceptors (Lipinski definition) is 3. The molecule has 86 valence electrons. The molecule has 0 radical (unpaired) electrons. The number of hydrogen-bond donors (Lipinski definition) is 2. The molecule has 1 atom stereocenters. The van der Waals surface area contributed by atoms with E-state index in [4.69, 9.17) is 5.10 Å². The van der Waals surface area contributed by atoms with Crippen LogP contribution in [0.4, 0.5) is 11.6 Å². The summed E-state index contributed by atoms with van der Waals surface area (Å²) in [5, 5.41) is 11.7. The van der Waals surface area contributed by atoms with Crippen LogP contribution in [0, 0.1) is 5.92 Å². The van der Waals surface area contributed by atoms with E-state index >= 15 is 0 Å². The predicted molar refractivity (Wildman–Crippen MR) is 63.9 cm³/mol. The van der Waals surface area contributed by atoms with Gasteiger partial charge in [-0.1, -0.05) is 0 Å². The van der Waals surface area contributed by atoms with Crippen molar-refractivity contribution >= 4 is 11.6 Å². The van der Waals surface area contributed by atoms with Crippen molar-refractivity contribution in [3.63, 3.8) is 0 Å². The Morgan fingerprint density at radius 2 is 2.06 bits per heavy atom. The Labute approximate surface area is 95.4 Å². The highest BCUT2D eigenvalue weighted by Crippen LogP contribution is 2.45. The maximum atomic E-state index is 4.78. The molecule has 1 aromatic rings. The third-order valence-corrected chi connectivity index (χ3v) is 4.12. The van der Waals surface area contributed by atoms with Crippen LogP contribution in [0.25, 0.3) is 0 Å². The topological polar surface area (TPSA) is 41.9 Å². The van der Waals surface area contributed by atoms with Crippen LogP contribution in [0.1, 0.15) is 37.3 Å².